The van der Waals surface area contributed by atoms with Gasteiger partial charge in [0.05, 0.1) is 29.0 Å². The van der Waals surface area contributed by atoms with Crippen LogP contribution in [-0.2, 0) is 4.74 Å². The van der Waals surface area contributed by atoms with Gasteiger partial charge in [0, 0.05) is 23.5 Å². The Labute approximate surface area is 135 Å². The third-order valence-electron chi connectivity index (χ3n) is 3.90. The first-order valence-electron chi connectivity index (χ1n) is 7.45. The number of carbonyl (C=O) groups excluding carboxylic acids is 1. The molecule has 22 heavy (non-hydrogen) atoms. The van der Waals surface area contributed by atoms with Gasteiger partial charge in [0.2, 0.25) is 0 Å². The summed E-state index contributed by atoms with van der Waals surface area (Å²) in [6, 6.07) is 7.41. The van der Waals surface area contributed by atoms with Gasteiger partial charge in [0.15, 0.2) is 0 Å². The summed E-state index contributed by atoms with van der Waals surface area (Å²) in [5.41, 5.74) is 2.23. The number of halogens is 1. The molecule has 1 amide bonds. The monoisotopic (exact) mass is 318 g/mol. The van der Waals surface area contributed by atoms with E-state index < -0.39 is 0 Å². The van der Waals surface area contributed by atoms with E-state index in [0.29, 0.717) is 23.7 Å². The molecule has 0 N–H and O–H groups in total. The molecule has 0 spiro atoms. The minimum atomic E-state index is 0.00822. The van der Waals surface area contributed by atoms with Gasteiger partial charge in [-0.05, 0) is 45.0 Å². The van der Waals surface area contributed by atoms with Crippen LogP contribution >= 0.6 is 11.6 Å². The molecule has 0 bridgehead atoms. The summed E-state index contributed by atoms with van der Waals surface area (Å²) in [4.78, 5) is 19.2. The van der Waals surface area contributed by atoms with Gasteiger partial charge in [-0.1, -0.05) is 11.6 Å². The number of hydrogen-bond donors (Lipinski definition) is 0. The summed E-state index contributed by atoms with van der Waals surface area (Å²) >= 11 is 6.04. The van der Waals surface area contributed by atoms with Crippen molar-refractivity contribution >= 4 is 28.4 Å². The zero-order chi connectivity index (χ0) is 15.9. The normalized spacial score (nSPS) is 22.1. The summed E-state index contributed by atoms with van der Waals surface area (Å²) in [5.74, 6) is 0.00822. The highest BCUT2D eigenvalue weighted by Crippen LogP contribution is 2.22. The van der Waals surface area contributed by atoms with Crippen molar-refractivity contribution in [3.05, 3.63) is 40.5 Å². The van der Waals surface area contributed by atoms with E-state index in [1.165, 1.54) is 0 Å². The Bertz CT molecular complexity index is 722. The minimum Gasteiger partial charge on any atom is -0.372 e. The number of carbonyl (C=O) groups is 1. The van der Waals surface area contributed by atoms with E-state index in [0.717, 1.165) is 16.6 Å². The van der Waals surface area contributed by atoms with Crippen LogP contribution in [0, 0.1) is 6.92 Å². The minimum absolute atomic E-state index is 0.00822. The first-order valence-corrected chi connectivity index (χ1v) is 7.83. The highest BCUT2D eigenvalue weighted by molar-refractivity contribution is 6.31. The summed E-state index contributed by atoms with van der Waals surface area (Å²) in [5, 5.41) is 1.53. The van der Waals surface area contributed by atoms with Crippen molar-refractivity contribution in [3.63, 3.8) is 0 Å². The van der Waals surface area contributed by atoms with E-state index in [1.54, 1.807) is 0 Å². The van der Waals surface area contributed by atoms with Gasteiger partial charge >= 0.3 is 0 Å². The molecule has 0 aliphatic carbocycles. The van der Waals surface area contributed by atoms with E-state index in [2.05, 4.69) is 4.98 Å². The maximum absolute atomic E-state index is 12.8. The average Bonchev–Trinajstić information content (AvgIpc) is 2.45. The Kier molecular flexibility index (Phi) is 4.06. The van der Waals surface area contributed by atoms with Crippen molar-refractivity contribution in [1.29, 1.82) is 0 Å². The lowest BCUT2D eigenvalue weighted by Crippen LogP contribution is -2.48. The number of fused-ring (bicyclic) bond motifs is 1. The molecule has 0 saturated carbocycles. The van der Waals surface area contributed by atoms with Crippen LogP contribution in [0.25, 0.3) is 10.9 Å². The molecule has 0 radical (unpaired) electrons. The second kappa shape index (κ2) is 5.86. The predicted octanol–water partition coefficient (Wildman–Crippen LogP) is 3.45. The quantitative estimate of drug-likeness (QED) is 0.809. The molecule has 3 rings (SSSR count). The van der Waals surface area contributed by atoms with E-state index >= 15 is 0 Å². The maximum Gasteiger partial charge on any atom is 0.255 e. The number of rotatable bonds is 1. The van der Waals surface area contributed by atoms with Crippen LogP contribution in [0.15, 0.2) is 24.3 Å². The standard InChI is InChI=1S/C17H19ClN2O2/c1-10-8-20(9-11(2)22-10)17(21)15-7-13-6-14(18)4-5-16(13)19-12(15)3/h4-7,10-11H,8-9H2,1-3H3/t10-,11-/m1/s1. The number of benzene rings is 1. The summed E-state index contributed by atoms with van der Waals surface area (Å²) in [6.45, 7) is 7.06. The first-order chi connectivity index (χ1) is 10.4. The molecule has 1 aromatic heterocycles. The third-order valence-corrected chi connectivity index (χ3v) is 4.14. The highest BCUT2D eigenvalue weighted by Gasteiger charge is 2.27. The fraction of sp³-hybridized carbons (Fsp3) is 0.412. The molecular weight excluding hydrogens is 300 g/mol. The van der Waals surface area contributed by atoms with Crippen LogP contribution in [-0.4, -0.2) is 41.1 Å². The smallest absolute Gasteiger partial charge is 0.255 e. The van der Waals surface area contributed by atoms with Gasteiger partial charge in [0.1, 0.15) is 0 Å². The summed E-state index contributed by atoms with van der Waals surface area (Å²) < 4.78 is 5.69. The zero-order valence-electron chi connectivity index (χ0n) is 13.0. The van der Waals surface area contributed by atoms with Crippen molar-refractivity contribution in [2.24, 2.45) is 0 Å². The van der Waals surface area contributed by atoms with Crippen LogP contribution in [0.2, 0.25) is 5.02 Å². The molecular formula is C17H19ClN2O2. The van der Waals surface area contributed by atoms with Gasteiger partial charge < -0.3 is 9.64 Å². The number of hydrogen-bond acceptors (Lipinski definition) is 3. The summed E-state index contributed by atoms with van der Waals surface area (Å²) in [7, 11) is 0. The molecule has 1 aliphatic rings. The van der Waals surface area contributed by atoms with Gasteiger partial charge in [0.25, 0.3) is 5.91 Å². The Morgan fingerprint density at radius 1 is 1.27 bits per heavy atom. The number of ether oxygens (including phenoxy) is 1. The number of pyridine rings is 1. The Morgan fingerprint density at radius 3 is 2.64 bits per heavy atom. The van der Waals surface area contributed by atoms with Crippen LogP contribution in [0.4, 0.5) is 0 Å². The van der Waals surface area contributed by atoms with Gasteiger partial charge in [-0.25, -0.2) is 0 Å². The van der Waals surface area contributed by atoms with Crippen molar-refractivity contribution < 1.29 is 9.53 Å². The number of aromatic nitrogens is 1. The first kappa shape index (κ1) is 15.3. The molecule has 1 aliphatic heterocycles. The fourth-order valence-corrected chi connectivity index (χ4v) is 3.15. The van der Waals surface area contributed by atoms with Crippen molar-refractivity contribution in [3.8, 4) is 0 Å². The third kappa shape index (κ3) is 2.94. The molecule has 4 nitrogen and oxygen atoms in total. The molecule has 2 heterocycles. The summed E-state index contributed by atoms with van der Waals surface area (Å²) in [6.07, 6.45) is 0.103. The highest BCUT2D eigenvalue weighted by atomic mass is 35.5. The van der Waals surface area contributed by atoms with Gasteiger partial charge in [-0.15, -0.1) is 0 Å². The van der Waals surface area contributed by atoms with E-state index in [9.17, 15) is 4.79 Å². The van der Waals surface area contributed by atoms with Crippen molar-refractivity contribution in [1.82, 2.24) is 9.88 Å². The molecule has 1 aromatic carbocycles. The molecule has 0 unspecified atom stereocenters. The van der Waals surface area contributed by atoms with Crippen LogP contribution in [0.5, 0.6) is 0 Å². The van der Waals surface area contributed by atoms with E-state index in [4.69, 9.17) is 16.3 Å². The van der Waals surface area contributed by atoms with E-state index in [-0.39, 0.29) is 18.1 Å². The van der Waals surface area contributed by atoms with Crippen molar-refractivity contribution in [2.45, 2.75) is 33.0 Å². The topological polar surface area (TPSA) is 42.4 Å². The lowest BCUT2D eigenvalue weighted by molar-refractivity contribution is -0.0586. The number of morpholine rings is 1. The van der Waals surface area contributed by atoms with E-state index in [1.807, 2.05) is 49.9 Å². The Hall–Kier alpha value is -1.65. The van der Waals surface area contributed by atoms with Crippen molar-refractivity contribution in [2.75, 3.05) is 13.1 Å². The molecule has 1 saturated heterocycles. The SMILES string of the molecule is Cc1nc2ccc(Cl)cc2cc1C(=O)N1C[C@@H](C)O[C@H](C)C1. The molecule has 2 aromatic rings. The fourth-order valence-electron chi connectivity index (χ4n) is 2.97. The van der Waals surface area contributed by atoms with Gasteiger partial charge in [-0.2, -0.15) is 0 Å². The van der Waals surface area contributed by atoms with Crippen LogP contribution in [0.3, 0.4) is 0 Å². The average molecular weight is 319 g/mol. The number of aryl methyl sites for hydroxylation is 1. The maximum atomic E-state index is 12.8. The molecule has 5 heteroatoms. The largest absolute Gasteiger partial charge is 0.372 e. The lowest BCUT2D eigenvalue weighted by Gasteiger charge is -2.35. The lowest BCUT2D eigenvalue weighted by atomic mass is 10.1. The number of nitrogens with zero attached hydrogens (tertiary/aromatic N) is 2. The number of amides is 1. The second-order valence-electron chi connectivity index (χ2n) is 5.93. The molecule has 116 valence electrons. The Balaban J connectivity index is 1.98. The van der Waals surface area contributed by atoms with Gasteiger partial charge in [-0.3, -0.25) is 9.78 Å². The molecule has 1 fully saturated rings. The second-order valence-corrected chi connectivity index (χ2v) is 6.36. The predicted molar refractivity (Wildman–Crippen MR) is 87.4 cm³/mol. The Morgan fingerprint density at radius 2 is 1.95 bits per heavy atom. The molecule has 2 atom stereocenters. The van der Waals surface area contributed by atoms with Crippen LogP contribution in [0.1, 0.15) is 29.9 Å². The van der Waals surface area contributed by atoms with Crippen LogP contribution < -0.4 is 0 Å². The zero-order valence-corrected chi connectivity index (χ0v) is 13.7.